The van der Waals surface area contributed by atoms with Crippen molar-refractivity contribution < 1.29 is 18.7 Å². The second-order valence-corrected chi connectivity index (χ2v) is 9.16. The zero-order valence-electron chi connectivity index (χ0n) is 19.4. The maximum Gasteiger partial charge on any atom is 0.257 e. The number of hydrogen-bond acceptors (Lipinski definition) is 5. The van der Waals surface area contributed by atoms with Crippen molar-refractivity contribution in [1.82, 2.24) is 9.88 Å². The van der Waals surface area contributed by atoms with Gasteiger partial charge in [-0.2, -0.15) is 0 Å². The second-order valence-electron chi connectivity index (χ2n) is 8.29. The molecule has 1 aromatic heterocycles. The molecule has 0 spiro atoms. The topological polar surface area (TPSA) is 95.4 Å². The number of halogens is 3. The number of amides is 1. The zero-order chi connectivity index (χ0) is 25.8. The number of carbonyl (C=O) groups excluding carboxylic acids is 2. The molecule has 0 atom stereocenters. The van der Waals surface area contributed by atoms with Gasteiger partial charge in [-0.15, -0.1) is 0 Å². The molecule has 186 valence electrons. The lowest BCUT2D eigenvalue weighted by Crippen LogP contribution is -2.27. The van der Waals surface area contributed by atoms with Gasteiger partial charge in [0.05, 0.1) is 17.7 Å². The Bertz CT molecular complexity index is 1330. The van der Waals surface area contributed by atoms with E-state index in [1.165, 1.54) is 43.6 Å². The first-order valence-corrected chi connectivity index (χ1v) is 12.0. The van der Waals surface area contributed by atoms with Gasteiger partial charge in [-0.1, -0.05) is 29.3 Å². The van der Waals surface area contributed by atoms with E-state index in [1.807, 2.05) is 4.90 Å². The van der Waals surface area contributed by atoms with Crippen molar-refractivity contribution in [3.63, 3.8) is 0 Å². The van der Waals surface area contributed by atoms with Crippen LogP contribution in [0.1, 0.15) is 44.7 Å². The summed E-state index contributed by atoms with van der Waals surface area (Å²) in [4.78, 5) is 32.1. The Kier molecular flexibility index (Phi) is 7.86. The van der Waals surface area contributed by atoms with E-state index in [1.54, 1.807) is 12.1 Å². The first-order valence-electron chi connectivity index (χ1n) is 11.2. The molecule has 0 bridgehead atoms. The number of benzene rings is 2. The van der Waals surface area contributed by atoms with Gasteiger partial charge in [0.1, 0.15) is 23.2 Å². The highest BCUT2D eigenvalue weighted by molar-refractivity contribution is 6.31. The van der Waals surface area contributed by atoms with E-state index in [4.69, 9.17) is 33.3 Å². The predicted octanol–water partition coefficient (Wildman–Crippen LogP) is 5.63. The normalized spacial score (nSPS) is 12.9. The molecule has 4 rings (SSSR count). The van der Waals surface area contributed by atoms with E-state index in [0.29, 0.717) is 10.6 Å². The number of Topliss-reactive ketones (excluding diaryl/α,β-unsaturated/α-hetero) is 1. The molecule has 0 radical (unpaired) electrons. The first-order chi connectivity index (χ1) is 17.3. The number of amidine groups is 1. The van der Waals surface area contributed by atoms with E-state index in [2.05, 4.69) is 10.3 Å². The van der Waals surface area contributed by atoms with Gasteiger partial charge in [-0.3, -0.25) is 15.0 Å². The quantitative estimate of drug-likeness (QED) is 0.235. The van der Waals surface area contributed by atoms with Crippen molar-refractivity contribution in [2.45, 2.75) is 19.3 Å². The van der Waals surface area contributed by atoms with Gasteiger partial charge in [0, 0.05) is 47.4 Å². The molecule has 3 aromatic rings. The zero-order valence-corrected chi connectivity index (χ0v) is 20.9. The lowest BCUT2D eigenvalue weighted by molar-refractivity contribution is 0.0987. The minimum atomic E-state index is -0.731. The molecular weight excluding hydrogens is 506 g/mol. The summed E-state index contributed by atoms with van der Waals surface area (Å²) in [6.45, 7) is 1.52. The van der Waals surface area contributed by atoms with Crippen molar-refractivity contribution in [1.29, 1.82) is 5.41 Å². The fourth-order valence-corrected chi connectivity index (χ4v) is 4.40. The van der Waals surface area contributed by atoms with Crippen LogP contribution >= 0.6 is 23.2 Å². The number of hydrogen-bond donors (Lipinski definition) is 2. The van der Waals surface area contributed by atoms with E-state index < -0.39 is 17.5 Å². The average Bonchev–Trinajstić information content (AvgIpc) is 3.40. The molecule has 1 amide bonds. The van der Waals surface area contributed by atoms with E-state index in [9.17, 15) is 14.0 Å². The Morgan fingerprint density at radius 3 is 2.47 bits per heavy atom. The predicted molar refractivity (Wildman–Crippen MR) is 137 cm³/mol. The average molecular weight is 529 g/mol. The minimum Gasteiger partial charge on any atom is -0.496 e. The standard InChI is InChI=1S/C26H23Cl2FN4O3/c1-36-23-12-17(28)11-20(26(35)32-24-7-5-16(27)14-31-24)19(23)13-22(34)18-6-4-15(10-21(18)29)25(30)33-8-2-3-9-33/h4-7,10-12,14,30H,2-3,8-9,13H2,1H3,(H,31,32,35). The van der Waals surface area contributed by atoms with E-state index in [0.717, 1.165) is 25.9 Å². The fraction of sp³-hybridized carbons (Fsp3) is 0.231. The number of likely N-dealkylation sites (tertiary alicyclic amines) is 1. The highest BCUT2D eigenvalue weighted by Gasteiger charge is 2.24. The van der Waals surface area contributed by atoms with Gasteiger partial charge < -0.3 is 15.0 Å². The summed E-state index contributed by atoms with van der Waals surface area (Å²) in [5.74, 6) is -1.14. The smallest absolute Gasteiger partial charge is 0.257 e. The van der Waals surface area contributed by atoms with Crippen LogP contribution in [0.25, 0.3) is 0 Å². The fourth-order valence-electron chi connectivity index (χ4n) is 4.08. The molecule has 1 fully saturated rings. The monoisotopic (exact) mass is 528 g/mol. The van der Waals surface area contributed by atoms with Crippen molar-refractivity contribution in [2.75, 3.05) is 25.5 Å². The molecule has 1 saturated heterocycles. The lowest BCUT2D eigenvalue weighted by Gasteiger charge is -2.19. The molecule has 10 heteroatoms. The number of nitrogens with zero attached hydrogens (tertiary/aromatic N) is 2. The molecule has 7 nitrogen and oxygen atoms in total. The largest absolute Gasteiger partial charge is 0.496 e. The molecule has 2 N–H and O–H groups in total. The van der Waals surface area contributed by atoms with Gasteiger partial charge in [-0.25, -0.2) is 9.37 Å². The number of anilines is 1. The third kappa shape index (κ3) is 5.66. The summed E-state index contributed by atoms with van der Waals surface area (Å²) in [6.07, 6.45) is 3.07. The number of nitrogens with one attached hydrogen (secondary N) is 2. The van der Waals surface area contributed by atoms with Crippen LogP contribution in [0.3, 0.4) is 0 Å². The summed E-state index contributed by atoms with van der Waals surface area (Å²) < 4.78 is 20.4. The lowest BCUT2D eigenvalue weighted by atomic mass is 9.96. The molecule has 36 heavy (non-hydrogen) atoms. The molecule has 1 aliphatic heterocycles. The van der Waals surface area contributed by atoms with Crippen LogP contribution in [-0.4, -0.2) is 47.6 Å². The van der Waals surface area contributed by atoms with Crippen LogP contribution in [0, 0.1) is 11.2 Å². The van der Waals surface area contributed by atoms with Crippen LogP contribution < -0.4 is 10.1 Å². The molecule has 0 saturated carbocycles. The third-order valence-corrected chi connectivity index (χ3v) is 6.35. The Hall–Kier alpha value is -3.49. The van der Waals surface area contributed by atoms with Crippen LogP contribution in [0.2, 0.25) is 10.0 Å². The van der Waals surface area contributed by atoms with Crippen LogP contribution in [0.15, 0.2) is 48.7 Å². The van der Waals surface area contributed by atoms with Crippen LogP contribution in [0.5, 0.6) is 5.75 Å². The van der Waals surface area contributed by atoms with E-state index in [-0.39, 0.29) is 45.5 Å². The number of carbonyl (C=O) groups is 2. The summed E-state index contributed by atoms with van der Waals surface area (Å²) >= 11 is 12.0. The summed E-state index contributed by atoms with van der Waals surface area (Å²) in [6, 6.07) is 10.1. The summed E-state index contributed by atoms with van der Waals surface area (Å²) in [7, 11) is 1.39. The highest BCUT2D eigenvalue weighted by Crippen LogP contribution is 2.30. The Balaban J connectivity index is 1.60. The van der Waals surface area contributed by atoms with Gasteiger partial charge in [0.25, 0.3) is 5.91 Å². The minimum absolute atomic E-state index is 0.0947. The van der Waals surface area contributed by atoms with Gasteiger partial charge in [-0.05, 0) is 49.2 Å². The highest BCUT2D eigenvalue weighted by atomic mass is 35.5. The number of methoxy groups -OCH3 is 1. The molecule has 2 aromatic carbocycles. The van der Waals surface area contributed by atoms with Gasteiger partial charge in [0.15, 0.2) is 5.78 Å². The van der Waals surface area contributed by atoms with Gasteiger partial charge in [0.2, 0.25) is 0 Å². The second kappa shape index (κ2) is 11.1. The number of rotatable bonds is 7. The van der Waals surface area contributed by atoms with Crippen molar-refractivity contribution in [2.24, 2.45) is 0 Å². The Labute approximate surface area is 217 Å². The summed E-state index contributed by atoms with van der Waals surface area (Å²) in [5, 5.41) is 11.6. The third-order valence-electron chi connectivity index (χ3n) is 5.91. The SMILES string of the molecule is COc1cc(Cl)cc(C(=O)Nc2ccc(Cl)cn2)c1CC(=O)c1ccc(C(=N)N2CCCC2)cc1F. The number of aromatic nitrogens is 1. The molecule has 1 aliphatic rings. The van der Waals surface area contributed by atoms with Crippen LogP contribution in [0.4, 0.5) is 10.2 Å². The van der Waals surface area contributed by atoms with Crippen molar-refractivity contribution in [3.05, 3.63) is 86.8 Å². The van der Waals surface area contributed by atoms with Gasteiger partial charge >= 0.3 is 0 Å². The maximum absolute atomic E-state index is 15.0. The Morgan fingerprint density at radius 1 is 1.08 bits per heavy atom. The van der Waals surface area contributed by atoms with Crippen LogP contribution in [-0.2, 0) is 6.42 Å². The number of pyridine rings is 1. The van der Waals surface area contributed by atoms with Crippen molar-refractivity contribution in [3.8, 4) is 5.75 Å². The summed E-state index contributed by atoms with van der Waals surface area (Å²) in [5.41, 5.74) is 0.616. The molecule has 2 heterocycles. The first kappa shape index (κ1) is 25.6. The van der Waals surface area contributed by atoms with Crippen molar-refractivity contribution >= 4 is 46.5 Å². The maximum atomic E-state index is 15.0. The van der Waals surface area contributed by atoms with E-state index >= 15 is 0 Å². The number of ether oxygens (including phenoxy) is 1. The molecule has 0 unspecified atom stereocenters. The number of ketones is 1. The Morgan fingerprint density at radius 2 is 1.83 bits per heavy atom. The molecule has 0 aliphatic carbocycles. The molecular formula is C26H23Cl2FN4O3.